The van der Waals surface area contributed by atoms with Gasteiger partial charge in [-0.15, -0.1) is 0 Å². The van der Waals surface area contributed by atoms with Crippen LogP contribution in [0.4, 0.5) is 5.69 Å². The van der Waals surface area contributed by atoms with Crippen LogP contribution in [0.2, 0.25) is 0 Å². The monoisotopic (exact) mass is 299 g/mol. The molecule has 0 aliphatic rings. The summed E-state index contributed by atoms with van der Waals surface area (Å²) in [6.07, 6.45) is 0.882. The topological polar surface area (TPSA) is 43.1 Å². The van der Waals surface area contributed by atoms with Gasteiger partial charge in [0, 0.05) is 17.0 Å². The number of non-ortho nitro benzene ring substituents is 1. The van der Waals surface area contributed by atoms with E-state index >= 15 is 0 Å². The fraction of sp³-hybridized carbons (Fsp3) is 0.538. The average molecular weight is 300 g/mol. The second-order valence-corrected chi connectivity index (χ2v) is 6.51. The zero-order valence-corrected chi connectivity index (χ0v) is 12.2. The molecule has 0 N–H and O–H groups in total. The van der Waals surface area contributed by atoms with Crippen molar-refractivity contribution in [1.82, 2.24) is 0 Å². The smallest absolute Gasteiger partial charge is 0.258 e. The molecule has 1 atom stereocenters. The predicted molar refractivity (Wildman–Crippen MR) is 73.7 cm³/mol. The van der Waals surface area contributed by atoms with Crippen molar-refractivity contribution in [3.8, 4) is 0 Å². The molecule has 1 rings (SSSR count). The number of hydrogen-bond acceptors (Lipinski definition) is 2. The maximum Gasteiger partial charge on any atom is 0.269 e. The second-order valence-electron chi connectivity index (χ2n) is 5.41. The van der Waals surface area contributed by atoms with Crippen molar-refractivity contribution in [2.24, 2.45) is 5.41 Å². The average Bonchev–Trinajstić information content (AvgIpc) is 2.19. The van der Waals surface area contributed by atoms with E-state index in [1.807, 2.05) is 13.0 Å². The third-order valence-corrected chi connectivity index (χ3v) is 4.57. The molecule has 94 valence electrons. The third kappa shape index (κ3) is 3.80. The van der Waals surface area contributed by atoms with Gasteiger partial charge in [0.15, 0.2) is 0 Å². The first-order chi connectivity index (χ1) is 7.71. The Morgan fingerprint density at radius 2 is 2.00 bits per heavy atom. The van der Waals surface area contributed by atoms with Gasteiger partial charge in [-0.2, -0.15) is 0 Å². The van der Waals surface area contributed by atoms with E-state index in [0.29, 0.717) is 4.83 Å². The van der Waals surface area contributed by atoms with Crippen LogP contribution in [0, 0.1) is 22.5 Å². The predicted octanol–water partition coefficient (Wildman–Crippen LogP) is 4.26. The molecule has 0 amide bonds. The van der Waals surface area contributed by atoms with Crippen LogP contribution in [0.15, 0.2) is 18.2 Å². The summed E-state index contributed by atoms with van der Waals surface area (Å²) in [5.41, 5.74) is 2.47. The highest BCUT2D eigenvalue weighted by Gasteiger charge is 2.22. The Morgan fingerprint density at radius 1 is 1.41 bits per heavy atom. The van der Waals surface area contributed by atoms with Crippen LogP contribution in [-0.2, 0) is 6.42 Å². The zero-order valence-electron chi connectivity index (χ0n) is 10.7. The Kier molecular flexibility index (Phi) is 4.31. The van der Waals surface area contributed by atoms with Crippen molar-refractivity contribution in [1.29, 1.82) is 0 Å². The van der Waals surface area contributed by atoms with Gasteiger partial charge in [0.05, 0.1) is 4.92 Å². The molecule has 0 aliphatic carbocycles. The number of nitro benzene ring substituents is 1. The van der Waals surface area contributed by atoms with Gasteiger partial charge in [0.2, 0.25) is 0 Å². The van der Waals surface area contributed by atoms with E-state index in [1.165, 1.54) is 0 Å². The number of halogens is 1. The van der Waals surface area contributed by atoms with Crippen molar-refractivity contribution in [2.45, 2.75) is 38.9 Å². The molecule has 0 bridgehead atoms. The molecule has 0 fully saturated rings. The molecule has 0 radical (unpaired) electrons. The fourth-order valence-corrected chi connectivity index (χ4v) is 1.87. The van der Waals surface area contributed by atoms with Crippen LogP contribution >= 0.6 is 15.9 Å². The van der Waals surface area contributed by atoms with Gasteiger partial charge >= 0.3 is 0 Å². The Morgan fingerprint density at radius 3 is 2.41 bits per heavy atom. The molecule has 1 aromatic carbocycles. The molecule has 0 saturated heterocycles. The maximum atomic E-state index is 10.6. The van der Waals surface area contributed by atoms with Crippen molar-refractivity contribution in [3.05, 3.63) is 39.4 Å². The Hall–Kier alpha value is -0.900. The first-order valence-corrected chi connectivity index (χ1v) is 6.51. The van der Waals surface area contributed by atoms with Gasteiger partial charge in [0.1, 0.15) is 0 Å². The molecular formula is C13H18BrNO2. The van der Waals surface area contributed by atoms with Crippen LogP contribution in [0.25, 0.3) is 0 Å². The summed E-state index contributed by atoms with van der Waals surface area (Å²) in [5, 5.41) is 10.6. The van der Waals surface area contributed by atoms with E-state index in [0.717, 1.165) is 17.5 Å². The minimum absolute atomic E-state index is 0.160. The summed E-state index contributed by atoms with van der Waals surface area (Å²) in [5.74, 6) is 0. The van der Waals surface area contributed by atoms with Gasteiger partial charge in [-0.3, -0.25) is 10.1 Å². The lowest BCUT2D eigenvalue weighted by atomic mass is 9.87. The third-order valence-electron chi connectivity index (χ3n) is 2.88. The zero-order chi connectivity index (χ0) is 13.2. The highest BCUT2D eigenvalue weighted by molar-refractivity contribution is 9.09. The van der Waals surface area contributed by atoms with Gasteiger partial charge in [-0.05, 0) is 29.9 Å². The summed E-state index contributed by atoms with van der Waals surface area (Å²) in [4.78, 5) is 10.6. The number of benzene rings is 1. The lowest BCUT2D eigenvalue weighted by molar-refractivity contribution is -0.384. The number of rotatable bonds is 3. The summed E-state index contributed by atoms with van der Waals surface area (Å²) < 4.78 is 0. The summed E-state index contributed by atoms with van der Waals surface area (Å²) in [6, 6.07) is 5.07. The molecule has 0 heterocycles. The molecule has 0 spiro atoms. The summed E-state index contributed by atoms with van der Waals surface area (Å²) in [6.45, 7) is 8.44. The highest BCUT2D eigenvalue weighted by atomic mass is 79.9. The normalized spacial score (nSPS) is 13.5. The first-order valence-electron chi connectivity index (χ1n) is 5.60. The lowest BCUT2D eigenvalue weighted by Crippen LogP contribution is -2.22. The molecule has 0 saturated carbocycles. The Bertz CT molecular complexity index is 424. The number of alkyl halides is 1. The van der Waals surface area contributed by atoms with E-state index in [2.05, 4.69) is 36.7 Å². The van der Waals surface area contributed by atoms with Crippen LogP contribution < -0.4 is 0 Å². The molecule has 0 aliphatic heterocycles. The Labute approximate surface area is 111 Å². The fourth-order valence-electron chi connectivity index (χ4n) is 1.52. The molecule has 3 nitrogen and oxygen atoms in total. The van der Waals surface area contributed by atoms with E-state index < -0.39 is 0 Å². The minimum Gasteiger partial charge on any atom is -0.258 e. The van der Waals surface area contributed by atoms with Crippen molar-refractivity contribution >= 4 is 21.6 Å². The highest BCUT2D eigenvalue weighted by Crippen LogP contribution is 2.30. The van der Waals surface area contributed by atoms with Gasteiger partial charge < -0.3 is 0 Å². The van der Waals surface area contributed by atoms with Gasteiger partial charge in [0.25, 0.3) is 5.69 Å². The van der Waals surface area contributed by atoms with Gasteiger partial charge in [-0.25, -0.2) is 0 Å². The Balaban J connectivity index is 2.90. The molecular weight excluding hydrogens is 282 g/mol. The number of nitro groups is 1. The van der Waals surface area contributed by atoms with Gasteiger partial charge in [-0.1, -0.05) is 42.8 Å². The molecule has 0 aromatic heterocycles. The van der Waals surface area contributed by atoms with Crippen LogP contribution in [0.1, 0.15) is 31.9 Å². The molecule has 1 aromatic rings. The van der Waals surface area contributed by atoms with Crippen LogP contribution in [0.5, 0.6) is 0 Å². The quantitative estimate of drug-likeness (QED) is 0.475. The largest absolute Gasteiger partial charge is 0.269 e. The van der Waals surface area contributed by atoms with E-state index in [-0.39, 0.29) is 16.0 Å². The van der Waals surface area contributed by atoms with Crippen molar-refractivity contribution in [3.63, 3.8) is 0 Å². The number of nitrogens with zero attached hydrogens (tertiary/aromatic N) is 1. The van der Waals surface area contributed by atoms with Crippen molar-refractivity contribution < 1.29 is 4.92 Å². The molecule has 1 unspecified atom stereocenters. The van der Waals surface area contributed by atoms with E-state index in [1.54, 1.807) is 12.1 Å². The number of hydrogen-bond donors (Lipinski definition) is 0. The second kappa shape index (κ2) is 5.17. The number of aryl methyl sites for hydroxylation is 1. The van der Waals surface area contributed by atoms with Crippen molar-refractivity contribution in [2.75, 3.05) is 0 Å². The van der Waals surface area contributed by atoms with Crippen LogP contribution in [-0.4, -0.2) is 9.75 Å². The maximum absolute atomic E-state index is 10.6. The van der Waals surface area contributed by atoms with E-state index in [4.69, 9.17) is 0 Å². The first kappa shape index (κ1) is 14.2. The van der Waals surface area contributed by atoms with E-state index in [9.17, 15) is 10.1 Å². The van der Waals surface area contributed by atoms with Crippen LogP contribution in [0.3, 0.4) is 0 Å². The summed E-state index contributed by atoms with van der Waals surface area (Å²) in [7, 11) is 0. The summed E-state index contributed by atoms with van der Waals surface area (Å²) >= 11 is 3.68. The SMILES string of the molecule is Cc1cc([N+](=O)[O-])ccc1CC(Br)C(C)(C)C. The lowest BCUT2D eigenvalue weighted by Gasteiger charge is -2.26. The standard InChI is InChI=1S/C13H18BrNO2/c1-9-7-11(15(16)17)6-5-10(9)8-12(14)13(2,3)4/h5-7,12H,8H2,1-4H3. The molecule has 4 heteroatoms. The molecule has 17 heavy (non-hydrogen) atoms. The minimum atomic E-state index is -0.355.